The van der Waals surface area contributed by atoms with Crippen LogP contribution in [0.2, 0.25) is 0 Å². The van der Waals surface area contributed by atoms with Gasteiger partial charge in [-0.2, -0.15) is 0 Å². The van der Waals surface area contributed by atoms with Crippen molar-refractivity contribution in [3.8, 4) is 5.88 Å². The van der Waals surface area contributed by atoms with Crippen molar-refractivity contribution in [1.82, 2.24) is 14.9 Å². The molecule has 0 aromatic carbocycles. The zero-order valence-corrected chi connectivity index (χ0v) is 12.6. The van der Waals surface area contributed by atoms with Crippen LogP contribution in [0.1, 0.15) is 36.0 Å². The molecule has 1 saturated carbocycles. The summed E-state index contributed by atoms with van der Waals surface area (Å²) in [7, 11) is 0. The van der Waals surface area contributed by atoms with Crippen LogP contribution in [-0.2, 0) is 6.54 Å². The fourth-order valence-electron chi connectivity index (χ4n) is 2.71. The quantitative estimate of drug-likeness (QED) is 0.892. The lowest BCUT2D eigenvalue weighted by molar-refractivity contribution is 0.0951. The molecule has 2 aromatic rings. The van der Waals surface area contributed by atoms with Crippen LogP contribution in [-0.4, -0.2) is 28.1 Å². The second-order valence-corrected chi connectivity index (χ2v) is 5.58. The lowest BCUT2D eigenvalue weighted by Crippen LogP contribution is -2.27. The van der Waals surface area contributed by atoms with E-state index in [0.29, 0.717) is 18.0 Å². The van der Waals surface area contributed by atoms with E-state index in [4.69, 9.17) is 4.74 Å². The summed E-state index contributed by atoms with van der Waals surface area (Å²) < 4.78 is 7.86. The molecule has 5 heteroatoms. The first-order chi connectivity index (χ1) is 10.8. The molecular weight excluding hydrogens is 278 g/mol. The Morgan fingerprint density at radius 2 is 2.09 bits per heavy atom. The van der Waals surface area contributed by atoms with E-state index in [1.165, 1.54) is 12.8 Å². The van der Waals surface area contributed by atoms with Gasteiger partial charge in [0.05, 0.1) is 0 Å². The lowest BCUT2D eigenvalue weighted by Gasteiger charge is -2.12. The van der Waals surface area contributed by atoms with E-state index in [-0.39, 0.29) is 12.0 Å². The van der Waals surface area contributed by atoms with Crippen molar-refractivity contribution in [3.63, 3.8) is 0 Å². The Bertz CT molecular complexity index is 604. The van der Waals surface area contributed by atoms with Crippen LogP contribution < -0.4 is 10.1 Å². The van der Waals surface area contributed by atoms with Gasteiger partial charge in [-0.15, -0.1) is 0 Å². The maximum absolute atomic E-state index is 12.2. The number of pyridine rings is 1. The summed E-state index contributed by atoms with van der Waals surface area (Å²) in [6.45, 7) is 1.35. The SMILES string of the molecule is O=C(NCCn1cccc1)c1ccnc(OC2CCCC2)c1. The minimum Gasteiger partial charge on any atom is -0.474 e. The van der Waals surface area contributed by atoms with Gasteiger partial charge in [0.15, 0.2) is 0 Å². The number of hydrogen-bond donors (Lipinski definition) is 1. The summed E-state index contributed by atoms with van der Waals surface area (Å²) in [5.74, 6) is 0.454. The van der Waals surface area contributed by atoms with Gasteiger partial charge in [0.2, 0.25) is 5.88 Å². The molecule has 1 fully saturated rings. The molecule has 2 heterocycles. The third kappa shape index (κ3) is 3.87. The van der Waals surface area contributed by atoms with E-state index < -0.39 is 0 Å². The molecule has 1 aliphatic rings. The first-order valence-electron chi connectivity index (χ1n) is 7.83. The van der Waals surface area contributed by atoms with Crippen molar-refractivity contribution < 1.29 is 9.53 Å². The smallest absolute Gasteiger partial charge is 0.251 e. The summed E-state index contributed by atoms with van der Waals surface area (Å²) in [6.07, 6.45) is 10.4. The molecule has 3 rings (SSSR count). The first-order valence-corrected chi connectivity index (χ1v) is 7.83. The van der Waals surface area contributed by atoms with E-state index in [1.807, 2.05) is 29.1 Å². The van der Waals surface area contributed by atoms with Gasteiger partial charge in [0.25, 0.3) is 5.91 Å². The maximum Gasteiger partial charge on any atom is 0.251 e. The third-order valence-electron chi connectivity index (χ3n) is 3.91. The molecular formula is C17H21N3O2. The molecule has 1 amide bonds. The van der Waals surface area contributed by atoms with Crippen molar-refractivity contribution in [1.29, 1.82) is 0 Å². The Balaban J connectivity index is 1.52. The number of carbonyl (C=O) groups excluding carboxylic acids is 1. The van der Waals surface area contributed by atoms with Crippen LogP contribution in [0.4, 0.5) is 0 Å². The zero-order valence-electron chi connectivity index (χ0n) is 12.6. The number of nitrogens with zero attached hydrogens (tertiary/aromatic N) is 2. The number of nitrogens with one attached hydrogen (secondary N) is 1. The lowest BCUT2D eigenvalue weighted by atomic mass is 10.2. The minimum atomic E-state index is -0.0918. The standard InChI is InChI=1S/C17H21N3O2/c21-17(19-9-12-20-10-3-4-11-20)14-7-8-18-16(13-14)22-15-5-1-2-6-15/h3-4,7-8,10-11,13,15H,1-2,5-6,9,12H2,(H,19,21). The van der Waals surface area contributed by atoms with E-state index >= 15 is 0 Å². The molecule has 22 heavy (non-hydrogen) atoms. The van der Waals surface area contributed by atoms with Crippen molar-refractivity contribution >= 4 is 5.91 Å². The van der Waals surface area contributed by atoms with Gasteiger partial charge in [-0.3, -0.25) is 4.79 Å². The molecule has 1 aliphatic carbocycles. The van der Waals surface area contributed by atoms with E-state index in [2.05, 4.69) is 10.3 Å². The molecule has 0 spiro atoms. The normalized spacial score (nSPS) is 14.9. The fraction of sp³-hybridized carbons (Fsp3) is 0.412. The third-order valence-corrected chi connectivity index (χ3v) is 3.91. The number of rotatable bonds is 6. The average Bonchev–Trinajstić information content (AvgIpc) is 3.21. The van der Waals surface area contributed by atoms with Crippen LogP contribution >= 0.6 is 0 Å². The molecule has 0 radical (unpaired) electrons. The molecule has 0 atom stereocenters. The van der Waals surface area contributed by atoms with Gasteiger partial charge in [-0.1, -0.05) is 0 Å². The minimum absolute atomic E-state index is 0.0918. The predicted molar refractivity (Wildman–Crippen MR) is 83.9 cm³/mol. The van der Waals surface area contributed by atoms with E-state index in [0.717, 1.165) is 19.4 Å². The van der Waals surface area contributed by atoms with Gasteiger partial charge in [-0.05, 0) is 43.9 Å². The largest absolute Gasteiger partial charge is 0.474 e. The highest BCUT2D eigenvalue weighted by Crippen LogP contribution is 2.23. The van der Waals surface area contributed by atoms with Crippen LogP contribution in [0.3, 0.4) is 0 Å². The summed E-state index contributed by atoms with van der Waals surface area (Å²) in [6, 6.07) is 7.38. The predicted octanol–water partition coefficient (Wildman–Crippen LogP) is 2.63. The fourth-order valence-corrected chi connectivity index (χ4v) is 2.71. The molecule has 116 valence electrons. The Hall–Kier alpha value is -2.30. The summed E-state index contributed by atoms with van der Waals surface area (Å²) in [5, 5.41) is 2.91. The molecule has 5 nitrogen and oxygen atoms in total. The highest BCUT2D eigenvalue weighted by atomic mass is 16.5. The Labute approximate surface area is 130 Å². The average molecular weight is 299 g/mol. The second-order valence-electron chi connectivity index (χ2n) is 5.58. The van der Waals surface area contributed by atoms with Gasteiger partial charge in [0, 0.05) is 43.3 Å². The topological polar surface area (TPSA) is 56.2 Å². The van der Waals surface area contributed by atoms with E-state index in [1.54, 1.807) is 18.3 Å². The first kappa shape index (κ1) is 14.6. The number of hydrogen-bond acceptors (Lipinski definition) is 3. The number of aromatic nitrogens is 2. The molecule has 1 N–H and O–H groups in total. The van der Waals surface area contributed by atoms with E-state index in [9.17, 15) is 4.79 Å². The highest BCUT2D eigenvalue weighted by Gasteiger charge is 2.17. The second kappa shape index (κ2) is 7.11. The van der Waals surface area contributed by atoms with Gasteiger partial charge >= 0.3 is 0 Å². The Morgan fingerprint density at radius 3 is 2.86 bits per heavy atom. The molecule has 0 aliphatic heterocycles. The maximum atomic E-state index is 12.2. The van der Waals surface area contributed by atoms with Crippen molar-refractivity contribution in [2.45, 2.75) is 38.3 Å². The van der Waals surface area contributed by atoms with Crippen LogP contribution in [0.5, 0.6) is 5.88 Å². The summed E-state index contributed by atoms with van der Waals surface area (Å²) in [5.41, 5.74) is 0.593. The number of amides is 1. The molecule has 2 aromatic heterocycles. The zero-order chi connectivity index (χ0) is 15.2. The Morgan fingerprint density at radius 1 is 1.32 bits per heavy atom. The monoisotopic (exact) mass is 299 g/mol. The van der Waals surface area contributed by atoms with Crippen LogP contribution in [0.15, 0.2) is 42.9 Å². The Kier molecular flexibility index (Phi) is 4.73. The van der Waals surface area contributed by atoms with Gasteiger partial charge in [0.1, 0.15) is 6.10 Å². The van der Waals surface area contributed by atoms with Crippen molar-refractivity contribution in [2.75, 3.05) is 6.54 Å². The van der Waals surface area contributed by atoms with Crippen molar-refractivity contribution in [2.24, 2.45) is 0 Å². The van der Waals surface area contributed by atoms with Crippen molar-refractivity contribution in [3.05, 3.63) is 48.4 Å². The molecule has 0 bridgehead atoms. The molecule has 0 saturated heterocycles. The highest BCUT2D eigenvalue weighted by molar-refractivity contribution is 5.94. The van der Waals surface area contributed by atoms with Crippen LogP contribution in [0.25, 0.3) is 0 Å². The summed E-state index contributed by atoms with van der Waals surface area (Å²) in [4.78, 5) is 16.4. The molecule has 0 unspecified atom stereocenters. The van der Waals surface area contributed by atoms with Gasteiger partial charge in [-0.25, -0.2) is 4.98 Å². The summed E-state index contributed by atoms with van der Waals surface area (Å²) >= 11 is 0. The van der Waals surface area contributed by atoms with Crippen LogP contribution in [0, 0.1) is 0 Å². The van der Waals surface area contributed by atoms with Gasteiger partial charge < -0.3 is 14.6 Å². The number of ether oxygens (including phenoxy) is 1. The number of carbonyl (C=O) groups is 1.